The van der Waals surface area contributed by atoms with Gasteiger partial charge >= 0.3 is 5.97 Å². The third kappa shape index (κ3) is 4.10. The number of imide groups is 1. The molecule has 0 saturated heterocycles. The molecular formula is C17H15NO6. The van der Waals surface area contributed by atoms with Crippen LogP contribution in [0.1, 0.15) is 20.7 Å². The molecular weight excluding hydrogens is 314 g/mol. The zero-order valence-electron chi connectivity index (χ0n) is 12.8. The van der Waals surface area contributed by atoms with Crippen molar-refractivity contribution in [2.45, 2.75) is 0 Å². The lowest BCUT2D eigenvalue weighted by Crippen LogP contribution is -2.34. The number of para-hydroxylation sites is 2. The third-order valence-corrected chi connectivity index (χ3v) is 3.06. The maximum absolute atomic E-state index is 12.0. The van der Waals surface area contributed by atoms with Crippen LogP contribution in [0.5, 0.6) is 11.5 Å². The fraction of sp³-hybridized carbons (Fsp3) is 0.118. The van der Waals surface area contributed by atoms with Crippen molar-refractivity contribution in [3.8, 4) is 11.5 Å². The predicted octanol–water partition coefficient (Wildman–Crippen LogP) is 1.51. The van der Waals surface area contributed by atoms with E-state index in [0.29, 0.717) is 5.75 Å². The lowest BCUT2D eigenvalue weighted by Gasteiger charge is -2.09. The Morgan fingerprint density at radius 2 is 1.62 bits per heavy atom. The molecule has 2 aromatic rings. The van der Waals surface area contributed by atoms with Crippen LogP contribution in [0.15, 0.2) is 48.5 Å². The number of amides is 2. The van der Waals surface area contributed by atoms with Crippen molar-refractivity contribution < 1.29 is 29.0 Å². The second-order valence-corrected chi connectivity index (χ2v) is 4.67. The maximum Gasteiger partial charge on any atom is 0.342 e. The molecule has 7 heteroatoms. The van der Waals surface area contributed by atoms with Gasteiger partial charge in [-0.2, -0.15) is 0 Å². The number of phenols is 1. The Morgan fingerprint density at radius 3 is 2.29 bits per heavy atom. The van der Waals surface area contributed by atoms with E-state index < -0.39 is 24.4 Å². The van der Waals surface area contributed by atoms with Gasteiger partial charge in [-0.05, 0) is 24.3 Å². The van der Waals surface area contributed by atoms with Crippen LogP contribution < -0.4 is 10.1 Å². The highest BCUT2D eigenvalue weighted by atomic mass is 16.5. The molecule has 0 heterocycles. The molecule has 124 valence electrons. The van der Waals surface area contributed by atoms with Gasteiger partial charge in [0.05, 0.1) is 12.7 Å². The fourth-order valence-electron chi connectivity index (χ4n) is 1.92. The lowest BCUT2D eigenvalue weighted by molar-refractivity contribution is -0.123. The van der Waals surface area contributed by atoms with E-state index >= 15 is 0 Å². The van der Waals surface area contributed by atoms with Crippen LogP contribution in [0, 0.1) is 0 Å². The summed E-state index contributed by atoms with van der Waals surface area (Å²) in [7, 11) is 1.40. The molecule has 0 atom stereocenters. The van der Waals surface area contributed by atoms with Gasteiger partial charge in [-0.15, -0.1) is 0 Å². The molecule has 0 aliphatic rings. The smallest absolute Gasteiger partial charge is 0.342 e. The number of hydrogen-bond acceptors (Lipinski definition) is 6. The number of ether oxygens (including phenoxy) is 2. The minimum absolute atomic E-state index is 0.0682. The summed E-state index contributed by atoms with van der Waals surface area (Å²) in [5.41, 5.74) is 0.113. The highest BCUT2D eigenvalue weighted by Gasteiger charge is 2.17. The largest absolute Gasteiger partial charge is 0.507 e. The average Bonchev–Trinajstić information content (AvgIpc) is 2.60. The zero-order chi connectivity index (χ0) is 17.5. The molecule has 2 amide bonds. The first-order chi connectivity index (χ1) is 11.5. The van der Waals surface area contributed by atoms with Crippen molar-refractivity contribution in [2.75, 3.05) is 13.7 Å². The van der Waals surface area contributed by atoms with Crippen molar-refractivity contribution in [3.63, 3.8) is 0 Å². The summed E-state index contributed by atoms with van der Waals surface area (Å²) in [6, 6.07) is 12.2. The summed E-state index contributed by atoms with van der Waals surface area (Å²) >= 11 is 0. The van der Waals surface area contributed by atoms with Crippen LogP contribution >= 0.6 is 0 Å². The quantitative estimate of drug-likeness (QED) is 0.806. The summed E-state index contributed by atoms with van der Waals surface area (Å²) in [5.74, 6) is -2.28. The van der Waals surface area contributed by atoms with E-state index in [9.17, 15) is 19.5 Å². The molecule has 2 aromatic carbocycles. The number of rotatable bonds is 5. The summed E-state index contributed by atoms with van der Waals surface area (Å²) < 4.78 is 9.80. The zero-order valence-corrected chi connectivity index (χ0v) is 12.8. The van der Waals surface area contributed by atoms with Gasteiger partial charge in [-0.1, -0.05) is 24.3 Å². The summed E-state index contributed by atoms with van der Waals surface area (Å²) in [6.45, 7) is -0.659. The molecule has 2 N–H and O–H groups in total. The fourth-order valence-corrected chi connectivity index (χ4v) is 1.92. The van der Waals surface area contributed by atoms with E-state index in [1.807, 2.05) is 0 Å². The Balaban J connectivity index is 1.93. The molecule has 0 radical (unpaired) electrons. The number of aromatic hydroxyl groups is 1. The number of carbonyl (C=O) groups excluding carboxylic acids is 3. The van der Waals surface area contributed by atoms with E-state index in [1.54, 1.807) is 30.3 Å². The number of carbonyl (C=O) groups is 3. The first-order valence-electron chi connectivity index (χ1n) is 6.95. The molecule has 0 aliphatic heterocycles. The molecule has 24 heavy (non-hydrogen) atoms. The number of hydrogen-bond donors (Lipinski definition) is 2. The molecule has 0 saturated carbocycles. The predicted molar refractivity (Wildman–Crippen MR) is 83.9 cm³/mol. The Bertz CT molecular complexity index is 771. The van der Waals surface area contributed by atoms with Gasteiger partial charge < -0.3 is 14.6 Å². The van der Waals surface area contributed by atoms with E-state index in [4.69, 9.17) is 9.47 Å². The summed E-state index contributed by atoms with van der Waals surface area (Å²) in [4.78, 5) is 35.5. The van der Waals surface area contributed by atoms with Gasteiger partial charge in [-0.25, -0.2) is 4.79 Å². The maximum atomic E-state index is 12.0. The number of methoxy groups -OCH3 is 1. The Kier molecular flexibility index (Phi) is 5.51. The molecule has 0 bridgehead atoms. The molecule has 0 aromatic heterocycles. The van der Waals surface area contributed by atoms with Crippen LogP contribution in [-0.4, -0.2) is 36.6 Å². The van der Waals surface area contributed by atoms with E-state index in [1.165, 1.54) is 25.3 Å². The van der Waals surface area contributed by atoms with Gasteiger partial charge in [0.25, 0.3) is 11.8 Å². The number of phenolic OH excluding ortho intramolecular Hbond substituents is 1. The van der Waals surface area contributed by atoms with Crippen LogP contribution in [-0.2, 0) is 9.53 Å². The van der Waals surface area contributed by atoms with Gasteiger partial charge in [0.2, 0.25) is 0 Å². The van der Waals surface area contributed by atoms with E-state index in [2.05, 4.69) is 5.32 Å². The second-order valence-electron chi connectivity index (χ2n) is 4.67. The number of benzene rings is 2. The van der Waals surface area contributed by atoms with Crippen molar-refractivity contribution in [3.05, 3.63) is 59.7 Å². The van der Waals surface area contributed by atoms with Gasteiger partial charge in [-0.3, -0.25) is 14.9 Å². The second kappa shape index (κ2) is 7.77. The normalized spacial score (nSPS) is 9.88. The molecule has 0 spiro atoms. The Labute approximate surface area is 137 Å². The van der Waals surface area contributed by atoms with Crippen molar-refractivity contribution in [2.24, 2.45) is 0 Å². The van der Waals surface area contributed by atoms with Crippen LogP contribution in [0.2, 0.25) is 0 Å². The first kappa shape index (κ1) is 17.0. The average molecular weight is 329 g/mol. The van der Waals surface area contributed by atoms with Crippen LogP contribution in [0.25, 0.3) is 0 Å². The minimum atomic E-state index is -0.868. The Hall–Kier alpha value is -3.35. The standard InChI is InChI=1S/C17H15NO6/c1-23-14-9-5-3-7-12(14)16(21)18-15(20)10-24-17(22)11-6-2-4-8-13(11)19/h2-9,19H,10H2,1H3,(H,18,20,21). The topological polar surface area (TPSA) is 102 Å². The first-order valence-corrected chi connectivity index (χ1v) is 6.95. The molecule has 7 nitrogen and oxygen atoms in total. The third-order valence-electron chi connectivity index (χ3n) is 3.06. The highest BCUT2D eigenvalue weighted by molar-refractivity contribution is 6.07. The van der Waals surface area contributed by atoms with Gasteiger partial charge in [0, 0.05) is 0 Å². The Morgan fingerprint density at radius 1 is 1.00 bits per heavy atom. The van der Waals surface area contributed by atoms with Crippen molar-refractivity contribution in [1.29, 1.82) is 0 Å². The SMILES string of the molecule is COc1ccccc1C(=O)NC(=O)COC(=O)c1ccccc1O. The summed E-state index contributed by atoms with van der Waals surface area (Å²) in [5, 5.41) is 11.6. The van der Waals surface area contributed by atoms with Gasteiger partial charge in [0.15, 0.2) is 6.61 Å². The van der Waals surface area contributed by atoms with Crippen molar-refractivity contribution in [1.82, 2.24) is 5.32 Å². The minimum Gasteiger partial charge on any atom is -0.507 e. The molecule has 0 fully saturated rings. The molecule has 0 aliphatic carbocycles. The van der Waals surface area contributed by atoms with Gasteiger partial charge in [0.1, 0.15) is 17.1 Å². The molecule has 2 rings (SSSR count). The van der Waals surface area contributed by atoms with Crippen LogP contribution in [0.4, 0.5) is 0 Å². The number of nitrogens with one attached hydrogen (secondary N) is 1. The van der Waals surface area contributed by atoms with Crippen molar-refractivity contribution >= 4 is 17.8 Å². The number of esters is 1. The highest BCUT2D eigenvalue weighted by Crippen LogP contribution is 2.17. The van der Waals surface area contributed by atoms with E-state index in [0.717, 1.165) is 0 Å². The molecule has 0 unspecified atom stereocenters. The van der Waals surface area contributed by atoms with Crippen LogP contribution in [0.3, 0.4) is 0 Å². The monoisotopic (exact) mass is 329 g/mol. The van der Waals surface area contributed by atoms with E-state index in [-0.39, 0.29) is 16.9 Å². The summed E-state index contributed by atoms with van der Waals surface area (Å²) in [6.07, 6.45) is 0. The lowest BCUT2D eigenvalue weighted by atomic mass is 10.2.